The van der Waals surface area contributed by atoms with E-state index < -0.39 is 5.97 Å². The van der Waals surface area contributed by atoms with Crippen LogP contribution in [0.5, 0.6) is 0 Å². The van der Waals surface area contributed by atoms with E-state index in [1.165, 1.54) is 6.07 Å². The van der Waals surface area contributed by atoms with Crippen LogP contribution in [0, 0.1) is 6.92 Å². The zero-order chi connectivity index (χ0) is 10.9. The monoisotopic (exact) mass is 195 g/mol. The van der Waals surface area contributed by atoms with Crippen LogP contribution in [0.1, 0.15) is 41.4 Å². The highest BCUT2D eigenvalue weighted by Gasteiger charge is 2.16. The molecule has 0 saturated carbocycles. The van der Waals surface area contributed by atoms with E-state index in [2.05, 4.69) is 4.98 Å². The summed E-state index contributed by atoms with van der Waals surface area (Å²) in [6, 6.07) is 1.30. The Morgan fingerprint density at radius 2 is 2.07 bits per heavy atom. The quantitative estimate of drug-likeness (QED) is 0.751. The fourth-order valence-corrected chi connectivity index (χ4v) is 1.43. The maximum atomic E-state index is 11.1. The molecule has 1 heterocycles. The van der Waals surface area contributed by atoms with Crippen LogP contribution >= 0.6 is 0 Å². The minimum absolute atomic E-state index is 0.00583. The molecule has 1 aromatic rings. The SMILES string of the molecule is Cc1cc(=O)[nH]c(C(C)C)c1C(=O)O. The Balaban J connectivity index is 3.52. The van der Waals surface area contributed by atoms with E-state index in [0.717, 1.165) is 0 Å². The molecular formula is C10H13NO3. The summed E-state index contributed by atoms with van der Waals surface area (Å²) in [4.78, 5) is 24.6. The molecule has 0 unspecified atom stereocenters. The highest BCUT2D eigenvalue weighted by Crippen LogP contribution is 2.18. The molecular weight excluding hydrogens is 182 g/mol. The van der Waals surface area contributed by atoms with Gasteiger partial charge in [0.05, 0.1) is 5.56 Å². The summed E-state index contributed by atoms with van der Waals surface area (Å²) in [5.74, 6) is -1.00. The molecule has 0 spiro atoms. The van der Waals surface area contributed by atoms with Crippen molar-refractivity contribution >= 4 is 5.97 Å². The first-order valence-electron chi connectivity index (χ1n) is 4.40. The Hall–Kier alpha value is -1.58. The summed E-state index contributed by atoms with van der Waals surface area (Å²) in [5.41, 5.74) is 0.947. The van der Waals surface area contributed by atoms with Crippen LogP contribution in [0.4, 0.5) is 0 Å². The molecule has 0 saturated heterocycles. The van der Waals surface area contributed by atoms with Crippen molar-refractivity contribution in [1.82, 2.24) is 4.98 Å². The average molecular weight is 195 g/mol. The zero-order valence-corrected chi connectivity index (χ0v) is 8.42. The number of aryl methyl sites for hydroxylation is 1. The van der Waals surface area contributed by atoms with Crippen LogP contribution in [-0.4, -0.2) is 16.1 Å². The lowest BCUT2D eigenvalue weighted by atomic mass is 10.00. The molecule has 0 atom stereocenters. The van der Waals surface area contributed by atoms with Crippen molar-refractivity contribution in [2.45, 2.75) is 26.7 Å². The molecule has 0 amide bonds. The highest BCUT2D eigenvalue weighted by molar-refractivity contribution is 5.90. The van der Waals surface area contributed by atoms with Crippen molar-refractivity contribution in [3.63, 3.8) is 0 Å². The van der Waals surface area contributed by atoms with Crippen molar-refractivity contribution in [2.24, 2.45) is 0 Å². The second kappa shape index (κ2) is 3.65. The molecule has 4 heteroatoms. The second-order valence-corrected chi connectivity index (χ2v) is 3.57. The number of pyridine rings is 1. The van der Waals surface area contributed by atoms with Crippen LogP contribution in [-0.2, 0) is 0 Å². The first-order valence-corrected chi connectivity index (χ1v) is 4.40. The molecule has 1 aromatic heterocycles. The van der Waals surface area contributed by atoms with E-state index in [0.29, 0.717) is 11.3 Å². The molecule has 14 heavy (non-hydrogen) atoms. The third kappa shape index (κ3) is 1.84. The Morgan fingerprint density at radius 1 is 1.50 bits per heavy atom. The number of aromatic nitrogens is 1. The smallest absolute Gasteiger partial charge is 0.337 e. The second-order valence-electron chi connectivity index (χ2n) is 3.57. The van der Waals surface area contributed by atoms with Crippen molar-refractivity contribution in [3.8, 4) is 0 Å². The number of nitrogens with one attached hydrogen (secondary N) is 1. The summed E-state index contributed by atoms with van der Waals surface area (Å²) in [6.07, 6.45) is 0. The molecule has 1 rings (SSSR count). The number of carbonyl (C=O) groups is 1. The summed E-state index contributed by atoms with van der Waals surface area (Å²) >= 11 is 0. The standard InChI is InChI=1S/C10H13NO3/c1-5(2)9-8(10(13)14)6(3)4-7(12)11-9/h4-5H,1-3H3,(H,11,12)(H,13,14). The van der Waals surface area contributed by atoms with Crippen molar-refractivity contribution in [2.75, 3.05) is 0 Å². The molecule has 0 aromatic carbocycles. The Bertz CT molecular complexity index is 418. The lowest BCUT2D eigenvalue weighted by Crippen LogP contribution is -2.17. The van der Waals surface area contributed by atoms with Gasteiger partial charge in [-0.2, -0.15) is 0 Å². The number of carboxylic acids is 1. The summed E-state index contributed by atoms with van der Waals surface area (Å²) in [5, 5.41) is 8.96. The van der Waals surface area contributed by atoms with Crippen LogP contribution in [0.3, 0.4) is 0 Å². The summed E-state index contributed by atoms with van der Waals surface area (Å²) in [7, 11) is 0. The Morgan fingerprint density at radius 3 is 2.50 bits per heavy atom. The first kappa shape index (κ1) is 10.5. The van der Waals surface area contributed by atoms with Gasteiger partial charge in [0.2, 0.25) is 5.56 Å². The summed E-state index contributed by atoms with van der Waals surface area (Å²) < 4.78 is 0. The van der Waals surface area contributed by atoms with Crippen LogP contribution < -0.4 is 5.56 Å². The molecule has 0 aliphatic rings. The van der Waals surface area contributed by atoms with Gasteiger partial charge >= 0.3 is 5.97 Å². The van der Waals surface area contributed by atoms with Gasteiger partial charge in [-0.25, -0.2) is 4.79 Å². The molecule has 0 fully saturated rings. The minimum Gasteiger partial charge on any atom is -0.478 e. The molecule has 0 aliphatic heterocycles. The van der Waals surface area contributed by atoms with E-state index in [-0.39, 0.29) is 17.0 Å². The number of hydrogen-bond acceptors (Lipinski definition) is 2. The van der Waals surface area contributed by atoms with Gasteiger partial charge in [-0.1, -0.05) is 13.8 Å². The van der Waals surface area contributed by atoms with Gasteiger partial charge in [0.1, 0.15) is 0 Å². The summed E-state index contributed by atoms with van der Waals surface area (Å²) in [6.45, 7) is 5.32. The van der Waals surface area contributed by atoms with Crippen molar-refractivity contribution in [1.29, 1.82) is 0 Å². The van der Waals surface area contributed by atoms with Crippen molar-refractivity contribution < 1.29 is 9.90 Å². The molecule has 0 bridgehead atoms. The predicted molar refractivity (Wildman–Crippen MR) is 52.8 cm³/mol. The lowest BCUT2D eigenvalue weighted by molar-refractivity contribution is 0.0694. The van der Waals surface area contributed by atoms with Gasteiger partial charge in [0, 0.05) is 11.8 Å². The van der Waals surface area contributed by atoms with Crippen LogP contribution in [0.15, 0.2) is 10.9 Å². The Labute approximate surface area is 81.6 Å². The molecule has 0 radical (unpaired) electrons. The third-order valence-electron chi connectivity index (χ3n) is 2.06. The van der Waals surface area contributed by atoms with E-state index in [9.17, 15) is 9.59 Å². The Kier molecular flexibility index (Phi) is 2.74. The minimum atomic E-state index is -0.998. The van der Waals surface area contributed by atoms with Gasteiger partial charge in [0.15, 0.2) is 0 Å². The number of H-pyrrole nitrogens is 1. The van der Waals surface area contributed by atoms with Gasteiger partial charge in [-0.15, -0.1) is 0 Å². The fourth-order valence-electron chi connectivity index (χ4n) is 1.43. The normalized spacial score (nSPS) is 10.6. The number of aromatic amines is 1. The topological polar surface area (TPSA) is 70.2 Å². The van der Waals surface area contributed by atoms with E-state index >= 15 is 0 Å². The lowest BCUT2D eigenvalue weighted by Gasteiger charge is -2.10. The maximum absolute atomic E-state index is 11.1. The molecule has 76 valence electrons. The van der Waals surface area contributed by atoms with Crippen LogP contribution in [0.2, 0.25) is 0 Å². The van der Waals surface area contributed by atoms with E-state index in [1.807, 2.05) is 13.8 Å². The van der Waals surface area contributed by atoms with Crippen LogP contribution in [0.25, 0.3) is 0 Å². The van der Waals surface area contributed by atoms with E-state index in [4.69, 9.17) is 5.11 Å². The van der Waals surface area contributed by atoms with Gasteiger partial charge in [-0.05, 0) is 18.4 Å². The third-order valence-corrected chi connectivity index (χ3v) is 2.06. The number of carboxylic acid groups (broad SMARTS) is 1. The number of rotatable bonds is 2. The van der Waals surface area contributed by atoms with Gasteiger partial charge < -0.3 is 10.1 Å². The highest BCUT2D eigenvalue weighted by atomic mass is 16.4. The largest absolute Gasteiger partial charge is 0.478 e. The number of hydrogen-bond donors (Lipinski definition) is 2. The maximum Gasteiger partial charge on any atom is 0.337 e. The molecule has 2 N–H and O–H groups in total. The molecule has 0 aliphatic carbocycles. The van der Waals surface area contributed by atoms with E-state index in [1.54, 1.807) is 6.92 Å². The molecule has 4 nitrogen and oxygen atoms in total. The zero-order valence-electron chi connectivity index (χ0n) is 8.42. The van der Waals surface area contributed by atoms with Crippen molar-refractivity contribution in [3.05, 3.63) is 33.2 Å². The van der Waals surface area contributed by atoms with Gasteiger partial charge in [0.25, 0.3) is 0 Å². The average Bonchev–Trinajstić information content (AvgIpc) is 2.01. The van der Waals surface area contributed by atoms with Gasteiger partial charge in [-0.3, -0.25) is 4.79 Å². The predicted octanol–water partition coefficient (Wildman–Crippen LogP) is 1.50. The number of aromatic carboxylic acids is 1. The fraction of sp³-hybridized carbons (Fsp3) is 0.400. The first-order chi connectivity index (χ1) is 6.43.